The first kappa shape index (κ1) is 17.3. The van der Waals surface area contributed by atoms with E-state index in [0.717, 1.165) is 26.8 Å². The van der Waals surface area contributed by atoms with Crippen molar-refractivity contribution in [3.63, 3.8) is 0 Å². The van der Waals surface area contributed by atoms with Gasteiger partial charge in [0.1, 0.15) is 5.82 Å². The molecule has 0 unspecified atom stereocenters. The first-order chi connectivity index (χ1) is 10.5. The van der Waals surface area contributed by atoms with Gasteiger partial charge in [0.05, 0.1) is 5.75 Å². The molecule has 0 atom stereocenters. The molecule has 1 aromatic heterocycles. The predicted molar refractivity (Wildman–Crippen MR) is 98.3 cm³/mol. The SMILES string of the molecule is CCn1c(SCC(=O)Nc2ccc(I)cc2)nnc1C(C)C. The maximum atomic E-state index is 12.0. The van der Waals surface area contributed by atoms with Crippen molar-refractivity contribution in [1.82, 2.24) is 14.8 Å². The Morgan fingerprint density at radius 1 is 1.32 bits per heavy atom. The molecule has 0 fully saturated rings. The lowest BCUT2D eigenvalue weighted by atomic mass is 10.2. The summed E-state index contributed by atoms with van der Waals surface area (Å²) in [6.45, 7) is 7.05. The lowest BCUT2D eigenvalue weighted by Crippen LogP contribution is -2.14. The third-order valence-electron chi connectivity index (χ3n) is 3.04. The predicted octanol–water partition coefficient (Wildman–Crippen LogP) is 3.76. The second-order valence-electron chi connectivity index (χ2n) is 5.08. The van der Waals surface area contributed by atoms with E-state index in [1.807, 2.05) is 24.3 Å². The van der Waals surface area contributed by atoms with Crippen molar-refractivity contribution in [2.75, 3.05) is 11.1 Å². The molecule has 7 heteroatoms. The van der Waals surface area contributed by atoms with Crippen LogP contribution in [0, 0.1) is 3.57 Å². The monoisotopic (exact) mass is 430 g/mol. The molecule has 0 radical (unpaired) electrons. The molecule has 0 spiro atoms. The maximum Gasteiger partial charge on any atom is 0.234 e. The molecule has 2 rings (SSSR count). The van der Waals surface area contributed by atoms with Crippen LogP contribution >= 0.6 is 34.4 Å². The number of hydrogen-bond acceptors (Lipinski definition) is 4. The topological polar surface area (TPSA) is 59.8 Å². The van der Waals surface area contributed by atoms with Crippen LogP contribution < -0.4 is 5.32 Å². The Kier molecular flexibility index (Phi) is 6.25. The summed E-state index contributed by atoms with van der Waals surface area (Å²) in [6, 6.07) is 7.73. The molecule has 22 heavy (non-hydrogen) atoms. The van der Waals surface area contributed by atoms with Crippen molar-refractivity contribution < 1.29 is 4.79 Å². The Hall–Kier alpha value is -1.09. The lowest BCUT2D eigenvalue weighted by molar-refractivity contribution is -0.113. The zero-order valence-corrected chi connectivity index (χ0v) is 15.8. The summed E-state index contributed by atoms with van der Waals surface area (Å²) in [6.07, 6.45) is 0. The minimum atomic E-state index is -0.0389. The van der Waals surface area contributed by atoms with E-state index in [1.54, 1.807) is 0 Å². The normalized spacial score (nSPS) is 11.0. The fourth-order valence-corrected chi connectivity index (χ4v) is 3.16. The molecule has 1 N–H and O–H groups in total. The highest BCUT2D eigenvalue weighted by Crippen LogP contribution is 2.21. The van der Waals surface area contributed by atoms with Crippen molar-refractivity contribution in [1.29, 1.82) is 0 Å². The molecule has 5 nitrogen and oxygen atoms in total. The Bertz CT molecular complexity index is 639. The molecule has 1 heterocycles. The second-order valence-corrected chi connectivity index (χ2v) is 7.27. The van der Waals surface area contributed by atoms with Crippen molar-refractivity contribution in [3.05, 3.63) is 33.7 Å². The van der Waals surface area contributed by atoms with Crippen LogP contribution in [0.3, 0.4) is 0 Å². The Labute approximate surface area is 148 Å². The molecule has 118 valence electrons. The van der Waals surface area contributed by atoms with Gasteiger partial charge in [0.25, 0.3) is 0 Å². The molecule has 0 saturated carbocycles. The van der Waals surface area contributed by atoms with E-state index in [1.165, 1.54) is 11.8 Å². The highest BCUT2D eigenvalue weighted by atomic mass is 127. The van der Waals surface area contributed by atoms with E-state index in [9.17, 15) is 4.79 Å². The Morgan fingerprint density at radius 2 is 2.00 bits per heavy atom. The van der Waals surface area contributed by atoms with Crippen molar-refractivity contribution in [2.24, 2.45) is 0 Å². The van der Waals surface area contributed by atoms with Gasteiger partial charge in [-0.05, 0) is 53.8 Å². The standard InChI is InChI=1S/C15H19IN4OS/c1-4-20-14(10(2)3)18-19-15(20)22-9-13(21)17-12-7-5-11(16)6-8-12/h5-8,10H,4,9H2,1-3H3,(H,17,21). The minimum Gasteiger partial charge on any atom is -0.325 e. The fourth-order valence-electron chi connectivity index (χ4n) is 1.99. The van der Waals surface area contributed by atoms with Gasteiger partial charge in [-0.3, -0.25) is 4.79 Å². The number of aromatic nitrogens is 3. The van der Waals surface area contributed by atoms with Gasteiger partial charge in [-0.15, -0.1) is 10.2 Å². The molecule has 1 amide bonds. The number of hydrogen-bond donors (Lipinski definition) is 1. The van der Waals surface area contributed by atoms with Gasteiger partial charge in [-0.25, -0.2) is 0 Å². The summed E-state index contributed by atoms with van der Waals surface area (Å²) < 4.78 is 3.20. The summed E-state index contributed by atoms with van der Waals surface area (Å²) >= 11 is 3.65. The van der Waals surface area contributed by atoms with Crippen LogP contribution in [0.2, 0.25) is 0 Å². The third kappa shape index (κ3) is 4.45. The molecule has 0 saturated heterocycles. The van der Waals surface area contributed by atoms with E-state index in [-0.39, 0.29) is 5.91 Å². The number of carbonyl (C=O) groups excluding carboxylic acids is 1. The largest absolute Gasteiger partial charge is 0.325 e. The van der Waals surface area contributed by atoms with Gasteiger partial charge < -0.3 is 9.88 Å². The summed E-state index contributed by atoms with van der Waals surface area (Å²) in [5.74, 6) is 1.57. The minimum absolute atomic E-state index is 0.0389. The zero-order chi connectivity index (χ0) is 16.1. The number of nitrogens with one attached hydrogen (secondary N) is 1. The summed E-state index contributed by atoms with van der Waals surface area (Å²) in [5.41, 5.74) is 0.811. The van der Waals surface area contributed by atoms with Crippen molar-refractivity contribution in [2.45, 2.75) is 38.4 Å². The van der Waals surface area contributed by atoms with E-state index in [4.69, 9.17) is 0 Å². The second kappa shape index (κ2) is 7.96. The van der Waals surface area contributed by atoms with Crippen LogP contribution in [0.1, 0.15) is 32.5 Å². The number of halogens is 1. The van der Waals surface area contributed by atoms with E-state index in [2.05, 4.69) is 63.4 Å². The fraction of sp³-hybridized carbons (Fsp3) is 0.400. The van der Waals surface area contributed by atoms with E-state index in [0.29, 0.717) is 11.7 Å². The Morgan fingerprint density at radius 3 is 2.59 bits per heavy atom. The summed E-state index contributed by atoms with van der Waals surface area (Å²) in [4.78, 5) is 12.0. The molecule has 0 aliphatic heterocycles. The van der Waals surface area contributed by atoms with Gasteiger partial charge >= 0.3 is 0 Å². The van der Waals surface area contributed by atoms with Crippen LogP contribution in [-0.4, -0.2) is 26.4 Å². The van der Waals surface area contributed by atoms with Crippen LogP contribution in [0.5, 0.6) is 0 Å². The number of benzene rings is 1. The van der Waals surface area contributed by atoms with Crippen LogP contribution in [0.25, 0.3) is 0 Å². The smallest absolute Gasteiger partial charge is 0.234 e. The number of thioether (sulfide) groups is 1. The van der Waals surface area contributed by atoms with Gasteiger partial charge in [-0.1, -0.05) is 25.6 Å². The summed E-state index contributed by atoms with van der Waals surface area (Å²) in [5, 5.41) is 12.1. The number of rotatable bonds is 6. The average Bonchev–Trinajstić information content (AvgIpc) is 2.90. The third-order valence-corrected chi connectivity index (χ3v) is 4.72. The van der Waals surface area contributed by atoms with Crippen LogP contribution in [0.15, 0.2) is 29.4 Å². The molecule has 1 aromatic carbocycles. The van der Waals surface area contributed by atoms with E-state index < -0.39 is 0 Å². The number of carbonyl (C=O) groups is 1. The molecular weight excluding hydrogens is 411 g/mol. The quantitative estimate of drug-likeness (QED) is 0.560. The highest BCUT2D eigenvalue weighted by Gasteiger charge is 2.15. The van der Waals surface area contributed by atoms with Gasteiger partial charge in [-0.2, -0.15) is 0 Å². The lowest BCUT2D eigenvalue weighted by Gasteiger charge is -2.09. The molecule has 0 aliphatic carbocycles. The first-order valence-corrected chi connectivity index (χ1v) is 9.19. The van der Waals surface area contributed by atoms with Crippen LogP contribution in [0.4, 0.5) is 5.69 Å². The number of nitrogens with zero attached hydrogens (tertiary/aromatic N) is 3. The van der Waals surface area contributed by atoms with Gasteiger partial charge in [0.2, 0.25) is 5.91 Å². The molecule has 0 bridgehead atoms. The molecule has 2 aromatic rings. The number of anilines is 1. The van der Waals surface area contributed by atoms with Crippen molar-refractivity contribution in [3.8, 4) is 0 Å². The Balaban J connectivity index is 1.95. The average molecular weight is 430 g/mol. The highest BCUT2D eigenvalue weighted by molar-refractivity contribution is 14.1. The van der Waals surface area contributed by atoms with Crippen molar-refractivity contribution >= 4 is 45.9 Å². The molecule has 0 aliphatic rings. The zero-order valence-electron chi connectivity index (χ0n) is 12.8. The first-order valence-electron chi connectivity index (χ1n) is 7.12. The van der Waals surface area contributed by atoms with Crippen LogP contribution in [-0.2, 0) is 11.3 Å². The summed E-state index contributed by atoms with van der Waals surface area (Å²) in [7, 11) is 0. The molecular formula is C15H19IN4OS. The van der Waals surface area contributed by atoms with Gasteiger partial charge in [0, 0.05) is 21.7 Å². The van der Waals surface area contributed by atoms with Gasteiger partial charge in [0.15, 0.2) is 5.16 Å². The maximum absolute atomic E-state index is 12.0. The number of amides is 1. The van der Waals surface area contributed by atoms with E-state index >= 15 is 0 Å².